The van der Waals surface area contributed by atoms with Crippen LogP contribution in [0.2, 0.25) is 0 Å². The van der Waals surface area contributed by atoms with Crippen LogP contribution in [0.15, 0.2) is 17.5 Å². The van der Waals surface area contributed by atoms with Crippen LogP contribution >= 0.6 is 11.3 Å². The lowest BCUT2D eigenvalue weighted by Gasteiger charge is -2.21. The first-order valence-electron chi connectivity index (χ1n) is 7.12. The van der Waals surface area contributed by atoms with Crippen molar-refractivity contribution in [2.45, 2.75) is 44.1 Å². The summed E-state index contributed by atoms with van der Waals surface area (Å²) in [5.41, 5.74) is 0. The predicted molar refractivity (Wildman–Crippen MR) is 76.6 cm³/mol. The summed E-state index contributed by atoms with van der Waals surface area (Å²) in [6.45, 7) is 1.64. The number of hydrogen-bond donors (Lipinski definition) is 2. The molecule has 6 heteroatoms. The molecule has 2 fully saturated rings. The van der Waals surface area contributed by atoms with E-state index >= 15 is 0 Å². The molecule has 2 aliphatic rings. The molecule has 20 heavy (non-hydrogen) atoms. The van der Waals surface area contributed by atoms with Gasteiger partial charge in [-0.3, -0.25) is 0 Å². The number of thiophene rings is 1. The van der Waals surface area contributed by atoms with Crippen LogP contribution in [0, 0.1) is 0 Å². The smallest absolute Gasteiger partial charge is 0.315 e. The Kier molecular flexibility index (Phi) is 4.24. The number of carbonyl (C=O) groups is 1. The molecule has 2 N–H and O–H groups in total. The Balaban J connectivity index is 1.36. The number of ether oxygens (including phenoxy) is 2. The second-order valence-corrected chi connectivity index (χ2v) is 6.34. The highest BCUT2D eigenvalue weighted by molar-refractivity contribution is 7.09. The minimum Gasteiger partial charge on any atom is -0.347 e. The molecular weight excluding hydrogens is 276 g/mol. The van der Waals surface area contributed by atoms with Crippen molar-refractivity contribution in [3.8, 4) is 0 Å². The molecule has 0 radical (unpaired) electrons. The van der Waals surface area contributed by atoms with Crippen molar-refractivity contribution >= 4 is 17.4 Å². The van der Waals surface area contributed by atoms with E-state index in [1.165, 1.54) is 12.8 Å². The lowest BCUT2D eigenvalue weighted by molar-refractivity contribution is -0.160. The molecule has 1 unspecified atom stereocenters. The first-order chi connectivity index (χ1) is 9.76. The molecule has 1 saturated heterocycles. The molecule has 3 rings (SSSR count). The van der Waals surface area contributed by atoms with Crippen LogP contribution in [-0.2, 0) is 16.0 Å². The van der Waals surface area contributed by atoms with E-state index in [1.54, 1.807) is 11.3 Å². The first-order valence-corrected chi connectivity index (χ1v) is 8.00. The van der Waals surface area contributed by atoms with Crippen molar-refractivity contribution in [1.29, 1.82) is 0 Å². The fourth-order valence-electron chi connectivity index (χ4n) is 2.74. The summed E-state index contributed by atoms with van der Waals surface area (Å²) in [6, 6.07) is 3.82. The van der Waals surface area contributed by atoms with Crippen LogP contribution < -0.4 is 10.6 Å². The summed E-state index contributed by atoms with van der Waals surface area (Å²) in [7, 11) is 0. The van der Waals surface area contributed by atoms with Gasteiger partial charge in [0.2, 0.25) is 0 Å². The summed E-state index contributed by atoms with van der Waals surface area (Å²) in [5, 5.41) is 7.68. The van der Waals surface area contributed by atoms with Crippen molar-refractivity contribution in [2.75, 3.05) is 13.2 Å². The van der Waals surface area contributed by atoms with E-state index in [0.29, 0.717) is 19.7 Å². The average molecular weight is 296 g/mol. The normalized spacial score (nSPS) is 24.1. The van der Waals surface area contributed by atoms with Crippen LogP contribution in [-0.4, -0.2) is 31.1 Å². The van der Waals surface area contributed by atoms with Crippen molar-refractivity contribution in [2.24, 2.45) is 0 Å². The first kappa shape index (κ1) is 13.9. The zero-order chi connectivity index (χ0) is 13.8. The average Bonchev–Trinajstić information content (AvgIpc) is 3.18. The van der Waals surface area contributed by atoms with Gasteiger partial charge in [0.05, 0.1) is 13.2 Å². The largest absolute Gasteiger partial charge is 0.347 e. The van der Waals surface area contributed by atoms with Gasteiger partial charge in [-0.1, -0.05) is 6.07 Å². The number of amides is 2. The fraction of sp³-hybridized carbons (Fsp3) is 0.643. The molecule has 1 aliphatic heterocycles. The van der Waals surface area contributed by atoms with Gasteiger partial charge in [0, 0.05) is 24.3 Å². The molecule has 110 valence electrons. The lowest BCUT2D eigenvalue weighted by Crippen LogP contribution is -2.40. The van der Waals surface area contributed by atoms with Gasteiger partial charge in [-0.15, -0.1) is 11.3 Å². The van der Waals surface area contributed by atoms with E-state index in [0.717, 1.165) is 17.7 Å². The van der Waals surface area contributed by atoms with E-state index in [9.17, 15) is 4.79 Å². The van der Waals surface area contributed by atoms with E-state index in [-0.39, 0.29) is 17.9 Å². The summed E-state index contributed by atoms with van der Waals surface area (Å²) < 4.78 is 11.7. The van der Waals surface area contributed by atoms with Gasteiger partial charge in [-0.25, -0.2) is 4.79 Å². The Hall–Kier alpha value is -1.11. The third-order valence-electron chi connectivity index (χ3n) is 3.77. The highest BCUT2D eigenvalue weighted by Crippen LogP contribution is 2.38. The van der Waals surface area contributed by atoms with Gasteiger partial charge in [0.1, 0.15) is 6.10 Å². The van der Waals surface area contributed by atoms with Crippen LogP contribution in [0.25, 0.3) is 0 Å². The van der Waals surface area contributed by atoms with E-state index in [4.69, 9.17) is 9.47 Å². The quantitative estimate of drug-likeness (QED) is 0.896. The molecule has 1 aliphatic carbocycles. The summed E-state index contributed by atoms with van der Waals surface area (Å²) in [6.07, 6.45) is 4.27. The molecule has 1 atom stereocenters. The zero-order valence-corrected chi connectivity index (χ0v) is 12.2. The van der Waals surface area contributed by atoms with Gasteiger partial charge < -0.3 is 20.1 Å². The molecule has 1 aromatic heterocycles. The predicted octanol–water partition coefficient (Wildman–Crippen LogP) is 2.23. The molecule has 2 amide bonds. The Morgan fingerprint density at radius 1 is 1.40 bits per heavy atom. The van der Waals surface area contributed by atoms with Gasteiger partial charge >= 0.3 is 6.03 Å². The Labute approximate surface area is 122 Å². The zero-order valence-electron chi connectivity index (χ0n) is 11.4. The standard InChI is InChI=1S/C14H20N2O3S/c17-13(16-9-12-4-3-7-20-12)15-8-11-10-18-14(19-11)5-1-2-6-14/h3-4,7,11H,1-2,5-6,8-10H2,(H2,15,16,17). The van der Waals surface area contributed by atoms with Gasteiger partial charge in [0.25, 0.3) is 0 Å². The Morgan fingerprint density at radius 3 is 3.00 bits per heavy atom. The summed E-state index contributed by atoms with van der Waals surface area (Å²) in [4.78, 5) is 12.8. The molecule has 0 aromatic carbocycles. The van der Waals surface area contributed by atoms with Crippen molar-refractivity contribution in [3.05, 3.63) is 22.4 Å². The second kappa shape index (κ2) is 6.11. The molecular formula is C14H20N2O3S. The van der Waals surface area contributed by atoms with Gasteiger partial charge in [-0.05, 0) is 24.3 Å². The summed E-state index contributed by atoms with van der Waals surface area (Å²) in [5.74, 6) is -0.347. The molecule has 5 nitrogen and oxygen atoms in total. The third kappa shape index (κ3) is 3.31. The molecule has 0 bridgehead atoms. The molecule has 2 heterocycles. The second-order valence-electron chi connectivity index (χ2n) is 5.31. The Morgan fingerprint density at radius 2 is 2.25 bits per heavy atom. The van der Waals surface area contributed by atoms with Crippen LogP contribution in [0.3, 0.4) is 0 Å². The van der Waals surface area contributed by atoms with Crippen molar-refractivity contribution in [3.63, 3.8) is 0 Å². The maximum atomic E-state index is 11.7. The molecule has 1 spiro atoms. The maximum absolute atomic E-state index is 11.7. The summed E-state index contributed by atoms with van der Waals surface area (Å²) >= 11 is 1.63. The highest BCUT2D eigenvalue weighted by atomic mass is 32.1. The van der Waals surface area contributed by atoms with Crippen molar-refractivity contribution in [1.82, 2.24) is 10.6 Å². The molecule has 1 aromatic rings. The Bertz CT molecular complexity index is 443. The lowest BCUT2D eigenvalue weighted by atomic mass is 10.2. The van der Waals surface area contributed by atoms with Crippen LogP contribution in [0.4, 0.5) is 4.79 Å². The number of carbonyl (C=O) groups excluding carboxylic acids is 1. The minimum atomic E-state index is -0.347. The van der Waals surface area contributed by atoms with Gasteiger partial charge in [-0.2, -0.15) is 0 Å². The van der Waals surface area contributed by atoms with Crippen LogP contribution in [0.5, 0.6) is 0 Å². The number of hydrogen-bond acceptors (Lipinski definition) is 4. The number of urea groups is 1. The van der Waals surface area contributed by atoms with Gasteiger partial charge in [0.15, 0.2) is 5.79 Å². The molecule has 1 saturated carbocycles. The number of rotatable bonds is 4. The van der Waals surface area contributed by atoms with E-state index in [2.05, 4.69) is 10.6 Å². The highest BCUT2D eigenvalue weighted by Gasteiger charge is 2.43. The van der Waals surface area contributed by atoms with Crippen molar-refractivity contribution < 1.29 is 14.3 Å². The number of nitrogens with one attached hydrogen (secondary N) is 2. The monoisotopic (exact) mass is 296 g/mol. The van der Waals surface area contributed by atoms with E-state index in [1.807, 2.05) is 17.5 Å². The fourth-order valence-corrected chi connectivity index (χ4v) is 3.39. The minimum absolute atomic E-state index is 0.0272. The topological polar surface area (TPSA) is 59.6 Å². The third-order valence-corrected chi connectivity index (χ3v) is 4.65. The van der Waals surface area contributed by atoms with Crippen LogP contribution in [0.1, 0.15) is 30.6 Å². The SMILES string of the molecule is O=C(NCc1cccs1)NCC1COC2(CCCC2)O1. The maximum Gasteiger partial charge on any atom is 0.315 e. The van der Waals surface area contributed by atoms with E-state index < -0.39 is 0 Å².